The zero-order chi connectivity index (χ0) is 27.2. The maximum atomic E-state index is 12.5. The number of fused-ring (bicyclic) bond motifs is 1. The second-order valence-electron chi connectivity index (χ2n) is 10.7. The summed E-state index contributed by atoms with van der Waals surface area (Å²) in [5, 5.41) is 16.6. The number of aliphatic carboxylic acids is 1. The Balaban J connectivity index is 1.35. The first-order chi connectivity index (χ1) is 19.0. The van der Waals surface area contributed by atoms with E-state index in [4.69, 9.17) is 14.3 Å². The molecule has 2 heterocycles. The Kier molecular flexibility index (Phi) is 8.84. The summed E-state index contributed by atoms with van der Waals surface area (Å²) in [5.41, 5.74) is 4.87. The average Bonchev–Trinajstić information content (AvgIpc) is 3.30. The molecule has 39 heavy (non-hydrogen) atoms. The lowest BCUT2D eigenvalue weighted by atomic mass is 9.82. The van der Waals surface area contributed by atoms with Crippen molar-refractivity contribution in [2.24, 2.45) is 5.92 Å². The Morgan fingerprint density at radius 2 is 1.79 bits per heavy atom. The zero-order valence-corrected chi connectivity index (χ0v) is 22.7. The highest BCUT2D eigenvalue weighted by atomic mass is 16.5. The van der Waals surface area contributed by atoms with Gasteiger partial charge in [-0.05, 0) is 68.1 Å². The number of hydrogen-bond donors (Lipinski definition) is 3. The molecule has 1 atom stereocenters. The van der Waals surface area contributed by atoms with Crippen LogP contribution >= 0.6 is 0 Å². The molecule has 0 bridgehead atoms. The number of Topliss-reactive ketones (excluding diaryl/α,β-unsaturated/α-hetero) is 1. The molecule has 1 unspecified atom stereocenters. The molecule has 2 aliphatic rings. The van der Waals surface area contributed by atoms with E-state index in [1.54, 1.807) is 0 Å². The molecule has 5 rings (SSSR count). The van der Waals surface area contributed by atoms with Crippen molar-refractivity contribution in [3.05, 3.63) is 59.4 Å². The second kappa shape index (κ2) is 12.7. The fourth-order valence-corrected chi connectivity index (χ4v) is 5.84. The highest BCUT2D eigenvalue weighted by Gasteiger charge is 2.30. The number of ketones is 1. The van der Waals surface area contributed by atoms with Crippen molar-refractivity contribution in [3.63, 3.8) is 0 Å². The van der Waals surface area contributed by atoms with Crippen molar-refractivity contribution in [2.45, 2.75) is 51.5 Å². The molecular weight excluding hydrogens is 494 g/mol. The number of nitrogens with one attached hydrogen (secondary N) is 2. The van der Waals surface area contributed by atoms with Gasteiger partial charge in [-0.2, -0.15) is 0 Å². The van der Waals surface area contributed by atoms with E-state index in [0.717, 1.165) is 61.6 Å². The number of carbonyl (C=O) groups excluding carboxylic acids is 1. The first-order valence-corrected chi connectivity index (χ1v) is 14.2. The number of nitrogens with zero attached hydrogens (tertiary/aromatic N) is 1. The van der Waals surface area contributed by atoms with Crippen LogP contribution in [0.4, 0.5) is 11.4 Å². The molecule has 1 saturated carbocycles. The van der Waals surface area contributed by atoms with Gasteiger partial charge < -0.3 is 29.8 Å². The highest BCUT2D eigenvalue weighted by Crippen LogP contribution is 2.41. The molecule has 2 fully saturated rings. The molecule has 2 aromatic carbocycles. The van der Waals surface area contributed by atoms with Gasteiger partial charge in [-0.15, -0.1) is 0 Å². The maximum absolute atomic E-state index is 12.5. The number of carbonyl (C=O) groups is 2. The largest absolute Gasteiger partial charge is 0.481 e. The minimum Gasteiger partial charge on any atom is -0.481 e. The van der Waals surface area contributed by atoms with Crippen molar-refractivity contribution in [2.75, 3.05) is 49.6 Å². The lowest BCUT2D eigenvalue weighted by Crippen LogP contribution is -2.36. The van der Waals surface area contributed by atoms with Crippen molar-refractivity contribution in [1.29, 1.82) is 0 Å². The monoisotopic (exact) mass is 533 g/mol. The molecule has 8 nitrogen and oxygen atoms in total. The van der Waals surface area contributed by atoms with Crippen LogP contribution in [-0.4, -0.2) is 56.3 Å². The van der Waals surface area contributed by atoms with E-state index in [1.807, 2.05) is 24.3 Å². The van der Waals surface area contributed by atoms with Gasteiger partial charge in [0.05, 0.1) is 32.2 Å². The van der Waals surface area contributed by atoms with Crippen LogP contribution in [-0.2, 0) is 9.53 Å². The first kappa shape index (κ1) is 27.2. The van der Waals surface area contributed by atoms with Gasteiger partial charge in [-0.25, -0.2) is 0 Å². The summed E-state index contributed by atoms with van der Waals surface area (Å²) in [7, 11) is 0. The van der Waals surface area contributed by atoms with Crippen LogP contribution in [0.1, 0.15) is 66.2 Å². The van der Waals surface area contributed by atoms with Gasteiger partial charge in [-0.1, -0.05) is 19.3 Å². The fraction of sp³-hybridized carbons (Fsp3) is 0.484. The minimum atomic E-state index is -0.880. The summed E-state index contributed by atoms with van der Waals surface area (Å²) in [6, 6.07) is 14.1. The second-order valence-corrected chi connectivity index (χ2v) is 10.7. The van der Waals surface area contributed by atoms with Crippen LogP contribution in [0.15, 0.2) is 46.9 Å². The molecule has 8 heteroatoms. The van der Waals surface area contributed by atoms with E-state index >= 15 is 0 Å². The summed E-state index contributed by atoms with van der Waals surface area (Å²) < 4.78 is 12.1. The number of ether oxygens (including phenoxy) is 1. The molecule has 1 aliphatic carbocycles. The van der Waals surface area contributed by atoms with Crippen molar-refractivity contribution >= 4 is 34.1 Å². The highest BCUT2D eigenvalue weighted by molar-refractivity contribution is 5.98. The summed E-state index contributed by atoms with van der Waals surface area (Å²) in [5.74, 6) is 0.533. The number of aryl methyl sites for hydroxylation is 1. The number of morpholine rings is 1. The van der Waals surface area contributed by atoms with Gasteiger partial charge in [0.1, 0.15) is 11.3 Å². The summed E-state index contributed by atoms with van der Waals surface area (Å²) in [6.07, 6.45) is 6.05. The van der Waals surface area contributed by atoms with E-state index in [1.165, 1.54) is 30.5 Å². The van der Waals surface area contributed by atoms with Gasteiger partial charge in [0.15, 0.2) is 5.78 Å². The minimum absolute atomic E-state index is 0.00553. The summed E-state index contributed by atoms with van der Waals surface area (Å²) in [4.78, 5) is 25.6. The van der Waals surface area contributed by atoms with Crippen LogP contribution in [0.25, 0.3) is 11.0 Å². The molecule has 208 valence electrons. The maximum Gasteiger partial charge on any atom is 0.304 e. The van der Waals surface area contributed by atoms with E-state index in [-0.39, 0.29) is 31.3 Å². The van der Waals surface area contributed by atoms with Crippen LogP contribution in [0.2, 0.25) is 0 Å². The van der Waals surface area contributed by atoms with E-state index < -0.39 is 5.97 Å². The third-order valence-corrected chi connectivity index (χ3v) is 8.07. The molecule has 3 aromatic rings. The molecular formula is C31H39N3O5. The molecule has 0 amide bonds. The summed E-state index contributed by atoms with van der Waals surface area (Å²) >= 11 is 0. The number of furan rings is 1. The summed E-state index contributed by atoms with van der Waals surface area (Å²) in [6.45, 7) is 5.88. The molecule has 0 spiro atoms. The molecule has 0 radical (unpaired) electrons. The number of rotatable bonds is 11. The Morgan fingerprint density at radius 1 is 1.05 bits per heavy atom. The normalized spacial score (nSPS) is 17.3. The van der Waals surface area contributed by atoms with E-state index in [9.17, 15) is 9.59 Å². The van der Waals surface area contributed by atoms with Crippen LogP contribution in [0, 0.1) is 12.8 Å². The van der Waals surface area contributed by atoms with Gasteiger partial charge in [0, 0.05) is 47.5 Å². The van der Waals surface area contributed by atoms with Crippen molar-refractivity contribution in [1.82, 2.24) is 5.32 Å². The average molecular weight is 534 g/mol. The predicted molar refractivity (Wildman–Crippen MR) is 153 cm³/mol. The number of hydrogen-bond acceptors (Lipinski definition) is 7. The molecule has 1 aromatic heterocycles. The quantitative estimate of drug-likeness (QED) is 0.217. The Labute approximate surface area is 229 Å². The Morgan fingerprint density at radius 3 is 2.51 bits per heavy atom. The first-order valence-electron chi connectivity index (χ1n) is 14.2. The van der Waals surface area contributed by atoms with Crippen molar-refractivity contribution < 1.29 is 23.8 Å². The van der Waals surface area contributed by atoms with Gasteiger partial charge in [-0.3, -0.25) is 9.59 Å². The van der Waals surface area contributed by atoms with E-state index in [2.05, 4.69) is 40.7 Å². The molecule has 1 saturated heterocycles. The third-order valence-electron chi connectivity index (χ3n) is 8.07. The Hall–Kier alpha value is -3.36. The lowest BCUT2D eigenvalue weighted by Gasteiger charge is -2.31. The number of anilines is 2. The van der Waals surface area contributed by atoms with Crippen molar-refractivity contribution in [3.8, 4) is 0 Å². The Bertz CT molecular complexity index is 1270. The number of carboxylic acids is 1. The molecule has 3 N–H and O–H groups in total. The topological polar surface area (TPSA) is 104 Å². The van der Waals surface area contributed by atoms with Gasteiger partial charge in [0.25, 0.3) is 0 Å². The molecule has 1 aliphatic heterocycles. The number of benzene rings is 2. The van der Waals surface area contributed by atoms with Gasteiger partial charge in [0.2, 0.25) is 0 Å². The predicted octanol–water partition coefficient (Wildman–Crippen LogP) is 5.56. The fourth-order valence-electron chi connectivity index (χ4n) is 5.84. The number of carboxylic acid groups (broad SMARTS) is 1. The van der Waals surface area contributed by atoms with Crippen LogP contribution in [0.3, 0.4) is 0 Å². The zero-order valence-electron chi connectivity index (χ0n) is 22.7. The lowest BCUT2D eigenvalue weighted by molar-refractivity contribution is -0.136. The standard InChI is InChI=1S/C31H39N3O5/c1-21-26-19-25(34-15-17-38-18-16-34)11-12-28(26)39-31(21)30(23-5-3-2-4-6-23)33-24-9-7-22(8-10-24)27(35)20-32-14-13-29(36)37/h7-12,19,23,30,32-33H,2-6,13-18,20H2,1H3,(H,36,37). The van der Waals surface area contributed by atoms with Crippen LogP contribution in [0.5, 0.6) is 0 Å². The van der Waals surface area contributed by atoms with E-state index in [0.29, 0.717) is 11.5 Å². The third kappa shape index (κ3) is 6.62. The smallest absolute Gasteiger partial charge is 0.304 e. The van der Waals surface area contributed by atoms with Gasteiger partial charge >= 0.3 is 5.97 Å². The SMILES string of the molecule is Cc1c(C(Nc2ccc(C(=O)CNCCC(=O)O)cc2)C2CCCCC2)oc2ccc(N3CCOCC3)cc12. The van der Waals surface area contributed by atoms with Crippen LogP contribution < -0.4 is 15.5 Å².